The number of benzene rings is 3. The highest BCUT2D eigenvalue weighted by Crippen LogP contribution is 2.36. The van der Waals surface area contributed by atoms with Crippen LogP contribution in [0.25, 0.3) is 0 Å². The van der Waals surface area contributed by atoms with Crippen LogP contribution in [0.5, 0.6) is 0 Å². The van der Waals surface area contributed by atoms with Gasteiger partial charge in [-0.15, -0.1) is 0 Å². The number of nitrogens with one attached hydrogen (secondary N) is 3. The van der Waals surface area contributed by atoms with E-state index in [1.807, 2.05) is 124 Å². The molecule has 3 amide bonds. The first-order valence-electron chi connectivity index (χ1n) is 23.1. The maximum absolute atomic E-state index is 13.2. The second-order valence-corrected chi connectivity index (χ2v) is 17.1. The molecule has 1 saturated heterocycles. The normalized spacial score (nSPS) is 31.4. The molecule has 0 radical (unpaired) electrons. The number of alkyl carbamates (subject to hydrolysis) is 3. The van der Waals surface area contributed by atoms with E-state index in [2.05, 4.69) is 16.0 Å². The molecule has 17 heteroatoms. The van der Waals surface area contributed by atoms with Gasteiger partial charge in [-0.25, -0.2) is 14.4 Å². The summed E-state index contributed by atoms with van der Waals surface area (Å²) in [5, 5.41) is 31.2. The zero-order valence-corrected chi connectivity index (χ0v) is 38.0. The minimum atomic E-state index is -1.36. The van der Waals surface area contributed by atoms with E-state index in [-0.39, 0.29) is 50.8 Å². The van der Waals surface area contributed by atoms with Crippen LogP contribution in [-0.4, -0.2) is 115 Å². The molecule has 362 valence electrons. The Balaban J connectivity index is 1.05. The van der Waals surface area contributed by atoms with Crippen molar-refractivity contribution >= 4 is 18.3 Å². The van der Waals surface area contributed by atoms with Gasteiger partial charge in [0.1, 0.15) is 50.2 Å². The molecule has 7 rings (SSSR count). The Morgan fingerprint density at radius 1 is 0.597 bits per heavy atom. The predicted molar refractivity (Wildman–Crippen MR) is 242 cm³/mol. The summed E-state index contributed by atoms with van der Waals surface area (Å²) in [4.78, 5) is 39.3. The van der Waals surface area contributed by atoms with Gasteiger partial charge in [0.15, 0.2) is 18.9 Å². The second kappa shape index (κ2) is 24.6. The second-order valence-electron chi connectivity index (χ2n) is 17.1. The van der Waals surface area contributed by atoms with Crippen molar-refractivity contribution in [3.05, 3.63) is 132 Å². The van der Waals surface area contributed by atoms with Crippen LogP contribution in [0.4, 0.5) is 14.4 Å². The van der Waals surface area contributed by atoms with Gasteiger partial charge < -0.3 is 68.8 Å². The van der Waals surface area contributed by atoms with E-state index in [1.165, 1.54) is 0 Å². The molecular weight excluding hydrogens is 867 g/mol. The van der Waals surface area contributed by atoms with Gasteiger partial charge >= 0.3 is 18.3 Å². The molecule has 3 aliphatic heterocycles. The van der Waals surface area contributed by atoms with Crippen LogP contribution < -0.4 is 16.0 Å². The van der Waals surface area contributed by atoms with Crippen LogP contribution in [0, 0.1) is 5.92 Å². The lowest BCUT2D eigenvalue weighted by molar-refractivity contribution is -0.279. The van der Waals surface area contributed by atoms with Crippen LogP contribution in [0.15, 0.2) is 115 Å². The highest BCUT2D eigenvalue weighted by molar-refractivity contribution is 5.69. The van der Waals surface area contributed by atoms with Crippen molar-refractivity contribution in [3.63, 3.8) is 0 Å². The monoisotopic (exact) mass is 929 g/mol. The van der Waals surface area contributed by atoms with Crippen LogP contribution in [0.3, 0.4) is 0 Å². The smallest absolute Gasteiger partial charge is 0.408 e. The van der Waals surface area contributed by atoms with Gasteiger partial charge in [0.25, 0.3) is 0 Å². The summed E-state index contributed by atoms with van der Waals surface area (Å²) in [6, 6.07) is 25.4. The van der Waals surface area contributed by atoms with Gasteiger partial charge in [0.2, 0.25) is 0 Å². The molecule has 3 aromatic rings. The Hall–Kier alpha value is -5.37. The summed E-state index contributed by atoms with van der Waals surface area (Å²) in [5.74, 6) is -0.378. The van der Waals surface area contributed by atoms with E-state index in [9.17, 15) is 24.6 Å². The highest BCUT2D eigenvalue weighted by Gasteiger charge is 2.50. The van der Waals surface area contributed by atoms with Crippen molar-refractivity contribution in [2.75, 3.05) is 6.61 Å². The third-order valence-electron chi connectivity index (χ3n) is 12.1. The Morgan fingerprint density at radius 2 is 1.06 bits per heavy atom. The molecule has 17 nitrogen and oxygen atoms in total. The third kappa shape index (κ3) is 14.1. The van der Waals surface area contributed by atoms with E-state index in [0.29, 0.717) is 12.8 Å². The average molecular weight is 930 g/mol. The number of carbonyl (C=O) groups excluding carboxylic acids is 3. The highest BCUT2D eigenvalue weighted by atomic mass is 16.7. The minimum Gasteiger partial charge on any atom is -0.445 e. The molecule has 3 heterocycles. The molecule has 0 bridgehead atoms. The van der Waals surface area contributed by atoms with E-state index >= 15 is 0 Å². The van der Waals surface area contributed by atoms with E-state index in [1.54, 1.807) is 12.2 Å². The fraction of sp³-hybridized carbons (Fsp3) is 0.500. The van der Waals surface area contributed by atoms with Crippen molar-refractivity contribution in [2.24, 2.45) is 5.92 Å². The average Bonchev–Trinajstić information content (AvgIpc) is 3.74. The van der Waals surface area contributed by atoms with Crippen molar-refractivity contribution in [2.45, 2.75) is 146 Å². The number of ether oxygens (including phenoxy) is 9. The van der Waals surface area contributed by atoms with Crippen molar-refractivity contribution < 1.29 is 67.2 Å². The SMILES string of the molecule is CCC1C=CC(NC(=O)OCc2ccccc2)C(OC2CC(OC3C(O)C(NC(=O)OCc4ccccc4)CC(C)C3OC3OC(CC)C=CC3NC(=O)OCc3ccccc3)OC2CO)O1. The van der Waals surface area contributed by atoms with Gasteiger partial charge in [-0.1, -0.05) is 136 Å². The Bertz CT molecular complexity index is 2060. The number of hydrogen-bond acceptors (Lipinski definition) is 14. The molecule has 0 spiro atoms. The molecule has 1 aliphatic carbocycles. The van der Waals surface area contributed by atoms with E-state index in [0.717, 1.165) is 16.7 Å². The van der Waals surface area contributed by atoms with Crippen LogP contribution in [0.1, 0.15) is 63.1 Å². The van der Waals surface area contributed by atoms with Crippen molar-refractivity contribution in [3.8, 4) is 0 Å². The Morgan fingerprint density at radius 3 is 1.52 bits per heavy atom. The number of hydrogen-bond donors (Lipinski definition) is 5. The molecule has 4 aliphatic rings. The lowest BCUT2D eigenvalue weighted by atomic mass is 9.80. The van der Waals surface area contributed by atoms with Crippen LogP contribution in [-0.2, 0) is 62.5 Å². The van der Waals surface area contributed by atoms with E-state index in [4.69, 9.17) is 42.6 Å². The largest absolute Gasteiger partial charge is 0.445 e. The lowest BCUT2D eigenvalue weighted by Gasteiger charge is -2.46. The maximum Gasteiger partial charge on any atom is 0.408 e. The third-order valence-corrected chi connectivity index (χ3v) is 12.1. The summed E-state index contributed by atoms with van der Waals surface area (Å²) in [7, 11) is 0. The summed E-state index contributed by atoms with van der Waals surface area (Å²) in [6.07, 6.45) is -2.01. The lowest BCUT2D eigenvalue weighted by Crippen LogP contribution is -2.62. The molecule has 3 aromatic carbocycles. The summed E-state index contributed by atoms with van der Waals surface area (Å²) in [5.41, 5.74) is 2.44. The fourth-order valence-electron chi connectivity index (χ4n) is 8.43. The number of aliphatic hydroxyl groups excluding tert-OH is 2. The summed E-state index contributed by atoms with van der Waals surface area (Å²) >= 11 is 0. The van der Waals surface area contributed by atoms with E-state index < -0.39 is 92.4 Å². The minimum absolute atomic E-state index is 0.0224. The zero-order chi connectivity index (χ0) is 47.1. The number of carbonyl (C=O) groups is 3. The molecule has 1 saturated carbocycles. The fourth-order valence-corrected chi connectivity index (χ4v) is 8.43. The molecule has 14 unspecified atom stereocenters. The standard InChI is InChI=1S/C50H63N3O14/c1-4-35-21-23-37(51-48(56)59-28-32-15-9-6-10-16-32)46(62-35)65-40-26-42(64-41(40)27-54)66-45-43(55)39(53-50(58)61-30-34-19-13-8-14-20-34)25-31(3)44(45)67-47-38(24-22-36(5-2)63-47)52-49(57)60-29-33-17-11-7-12-18-33/h6-24,31,35-47,54-55H,4-5,25-30H2,1-3H3,(H,51,56)(H,52,57)(H,53,58). The van der Waals surface area contributed by atoms with Crippen LogP contribution in [0.2, 0.25) is 0 Å². The summed E-state index contributed by atoms with van der Waals surface area (Å²) in [6.45, 7) is 5.51. The van der Waals surface area contributed by atoms with Crippen molar-refractivity contribution in [1.29, 1.82) is 0 Å². The van der Waals surface area contributed by atoms with Gasteiger partial charge in [-0.3, -0.25) is 0 Å². The van der Waals surface area contributed by atoms with Gasteiger partial charge in [0, 0.05) is 6.42 Å². The molecule has 5 N–H and O–H groups in total. The first-order valence-corrected chi connectivity index (χ1v) is 23.1. The number of rotatable bonds is 18. The number of aliphatic hydroxyl groups is 2. The first-order chi connectivity index (χ1) is 32.6. The van der Waals surface area contributed by atoms with Gasteiger partial charge in [-0.2, -0.15) is 0 Å². The Kier molecular flexibility index (Phi) is 18.2. The summed E-state index contributed by atoms with van der Waals surface area (Å²) < 4.78 is 55.2. The van der Waals surface area contributed by atoms with Crippen LogP contribution >= 0.6 is 0 Å². The zero-order valence-electron chi connectivity index (χ0n) is 38.0. The topological polar surface area (TPSA) is 211 Å². The molecule has 0 aromatic heterocycles. The maximum atomic E-state index is 13.2. The van der Waals surface area contributed by atoms with Crippen molar-refractivity contribution in [1.82, 2.24) is 16.0 Å². The molecule has 67 heavy (non-hydrogen) atoms. The first kappa shape index (κ1) is 49.5. The molecule has 2 fully saturated rings. The van der Waals surface area contributed by atoms with Gasteiger partial charge in [0.05, 0.1) is 37.1 Å². The number of amides is 3. The van der Waals surface area contributed by atoms with Gasteiger partial charge in [-0.05, 0) is 41.9 Å². The predicted octanol–water partition coefficient (Wildman–Crippen LogP) is 5.92. The quantitative estimate of drug-likeness (QED) is 0.0742. The molecule has 14 atom stereocenters. The Labute approximate surface area is 391 Å². The molecular formula is C50H63N3O14.